The smallest absolute Gasteiger partial charge is 0.0896 e. The van der Waals surface area contributed by atoms with Gasteiger partial charge in [-0.1, -0.05) is 36.9 Å². The van der Waals surface area contributed by atoms with E-state index in [-0.39, 0.29) is 0 Å². The summed E-state index contributed by atoms with van der Waals surface area (Å²) in [5.41, 5.74) is 1.32. The maximum Gasteiger partial charge on any atom is 0.0896 e. The molecule has 1 fully saturated rings. The van der Waals surface area contributed by atoms with Gasteiger partial charge in [0.2, 0.25) is 0 Å². The summed E-state index contributed by atoms with van der Waals surface area (Å²) in [5.74, 6) is 0. The van der Waals surface area contributed by atoms with E-state index in [4.69, 9.17) is 0 Å². The lowest BCUT2D eigenvalue weighted by Crippen LogP contribution is -2.37. The average molecular weight is 174 g/mol. The van der Waals surface area contributed by atoms with E-state index < -0.39 is 5.60 Å². The maximum absolute atomic E-state index is 10.0. The molecule has 68 valence electrons. The summed E-state index contributed by atoms with van der Waals surface area (Å²) in [7, 11) is 0. The van der Waals surface area contributed by atoms with Crippen molar-refractivity contribution < 1.29 is 5.11 Å². The predicted octanol–water partition coefficient (Wildman–Crippen LogP) is 2.61. The quantitative estimate of drug-likeness (QED) is 0.730. The first-order valence-electron chi connectivity index (χ1n) is 4.69. The van der Waals surface area contributed by atoms with Gasteiger partial charge in [0.1, 0.15) is 0 Å². The molecule has 0 saturated heterocycles. The number of rotatable bonds is 2. The Labute approximate surface area is 78.7 Å². The van der Waals surface area contributed by atoms with Gasteiger partial charge in [-0.15, -0.1) is 0 Å². The second-order valence-corrected chi connectivity index (χ2v) is 3.73. The van der Waals surface area contributed by atoms with Crippen LogP contribution in [0.15, 0.2) is 36.9 Å². The first-order valence-corrected chi connectivity index (χ1v) is 4.69. The second-order valence-electron chi connectivity index (χ2n) is 3.73. The Kier molecular flexibility index (Phi) is 1.97. The number of hydrogen-bond donors (Lipinski definition) is 1. The van der Waals surface area contributed by atoms with E-state index in [1.54, 1.807) is 0 Å². The highest BCUT2D eigenvalue weighted by molar-refractivity contribution is 5.70. The van der Waals surface area contributed by atoms with E-state index in [0.717, 1.165) is 30.4 Å². The molecule has 0 spiro atoms. The second kappa shape index (κ2) is 3.00. The molecular formula is C12H14O. The molecular weight excluding hydrogens is 160 g/mol. The van der Waals surface area contributed by atoms with Crippen LogP contribution in [0.4, 0.5) is 0 Å². The van der Waals surface area contributed by atoms with Crippen molar-refractivity contribution in [1.82, 2.24) is 0 Å². The highest BCUT2D eigenvalue weighted by atomic mass is 16.3. The Morgan fingerprint density at radius 2 is 1.85 bits per heavy atom. The predicted molar refractivity (Wildman–Crippen MR) is 54.3 cm³/mol. The molecule has 1 aromatic carbocycles. The minimum Gasteiger partial charge on any atom is -0.385 e. The van der Waals surface area contributed by atoms with Crippen LogP contribution < -0.4 is 0 Å². The molecule has 0 bridgehead atoms. The number of aliphatic hydroxyl groups is 1. The lowest BCUT2D eigenvalue weighted by molar-refractivity contribution is 0.0247. The van der Waals surface area contributed by atoms with Gasteiger partial charge < -0.3 is 5.11 Å². The molecule has 0 unspecified atom stereocenters. The summed E-state index contributed by atoms with van der Waals surface area (Å²) >= 11 is 0. The third-order valence-corrected chi connectivity index (χ3v) is 2.86. The van der Waals surface area contributed by atoms with Crippen molar-refractivity contribution in [2.24, 2.45) is 0 Å². The van der Waals surface area contributed by atoms with Crippen LogP contribution in [-0.2, 0) is 0 Å². The summed E-state index contributed by atoms with van der Waals surface area (Å²) in [5, 5.41) is 10.0. The van der Waals surface area contributed by atoms with E-state index in [9.17, 15) is 5.11 Å². The Hall–Kier alpha value is -1.08. The fourth-order valence-electron chi connectivity index (χ4n) is 1.72. The fourth-order valence-corrected chi connectivity index (χ4v) is 1.72. The molecule has 1 aliphatic carbocycles. The zero-order valence-electron chi connectivity index (χ0n) is 7.66. The summed E-state index contributed by atoms with van der Waals surface area (Å²) in [6.07, 6.45) is 2.84. The molecule has 13 heavy (non-hydrogen) atoms. The van der Waals surface area contributed by atoms with Gasteiger partial charge in [0.15, 0.2) is 0 Å². The average Bonchev–Trinajstić information content (AvgIpc) is 2.14. The van der Waals surface area contributed by atoms with Gasteiger partial charge in [-0.3, -0.25) is 0 Å². The Morgan fingerprint density at radius 3 is 2.31 bits per heavy atom. The van der Waals surface area contributed by atoms with Crippen LogP contribution in [0.5, 0.6) is 0 Å². The molecule has 0 radical (unpaired) electrons. The van der Waals surface area contributed by atoms with Gasteiger partial charge in [-0.05, 0) is 30.4 Å². The lowest BCUT2D eigenvalue weighted by atomic mass is 9.73. The van der Waals surface area contributed by atoms with E-state index in [2.05, 4.69) is 6.58 Å². The minimum atomic E-state index is -0.610. The summed E-state index contributed by atoms with van der Waals surface area (Å²) < 4.78 is 0. The van der Waals surface area contributed by atoms with Crippen molar-refractivity contribution in [2.45, 2.75) is 24.9 Å². The number of hydrogen-bond acceptors (Lipinski definition) is 1. The van der Waals surface area contributed by atoms with Crippen LogP contribution in [-0.4, -0.2) is 10.7 Å². The van der Waals surface area contributed by atoms with Crippen molar-refractivity contribution in [1.29, 1.82) is 0 Å². The Balaban J connectivity index is 2.23. The molecule has 0 amide bonds. The van der Waals surface area contributed by atoms with Gasteiger partial charge in [0.05, 0.1) is 5.60 Å². The third-order valence-electron chi connectivity index (χ3n) is 2.86. The molecule has 1 saturated carbocycles. The first kappa shape index (κ1) is 8.52. The van der Waals surface area contributed by atoms with E-state index in [0.29, 0.717) is 0 Å². The largest absolute Gasteiger partial charge is 0.385 e. The van der Waals surface area contributed by atoms with Gasteiger partial charge in [-0.25, -0.2) is 0 Å². The van der Waals surface area contributed by atoms with Gasteiger partial charge in [-0.2, -0.15) is 0 Å². The molecule has 1 heteroatoms. The molecule has 0 heterocycles. The van der Waals surface area contributed by atoms with E-state index in [1.165, 1.54) is 0 Å². The highest BCUT2D eigenvalue weighted by Crippen LogP contribution is 2.41. The molecule has 1 nitrogen and oxygen atoms in total. The maximum atomic E-state index is 10.0. The molecule has 2 rings (SSSR count). The van der Waals surface area contributed by atoms with E-state index in [1.807, 2.05) is 30.3 Å². The lowest BCUT2D eigenvalue weighted by Gasteiger charge is -2.38. The molecule has 0 aliphatic heterocycles. The summed E-state index contributed by atoms with van der Waals surface area (Å²) in [4.78, 5) is 0. The topological polar surface area (TPSA) is 20.2 Å². The van der Waals surface area contributed by atoms with Crippen LogP contribution in [0.25, 0.3) is 5.57 Å². The zero-order chi connectivity index (χ0) is 9.31. The number of benzene rings is 1. The fraction of sp³-hybridized carbons (Fsp3) is 0.333. The minimum absolute atomic E-state index is 0.610. The van der Waals surface area contributed by atoms with E-state index >= 15 is 0 Å². The molecule has 0 atom stereocenters. The Morgan fingerprint density at radius 1 is 1.23 bits per heavy atom. The SMILES string of the molecule is C=C(c1ccccc1)C1(O)CCC1. The van der Waals surface area contributed by atoms with Gasteiger partial charge in [0.25, 0.3) is 0 Å². The highest BCUT2D eigenvalue weighted by Gasteiger charge is 2.37. The van der Waals surface area contributed by atoms with Crippen LogP contribution in [0.3, 0.4) is 0 Å². The van der Waals surface area contributed by atoms with Crippen molar-refractivity contribution in [2.75, 3.05) is 0 Å². The van der Waals surface area contributed by atoms with Crippen molar-refractivity contribution in [3.8, 4) is 0 Å². The monoisotopic (exact) mass is 174 g/mol. The third kappa shape index (κ3) is 1.40. The Bertz CT molecular complexity index is 309. The molecule has 1 N–H and O–H groups in total. The van der Waals surface area contributed by atoms with Crippen molar-refractivity contribution >= 4 is 5.57 Å². The molecule has 1 aliphatic rings. The first-order chi connectivity index (χ1) is 6.22. The van der Waals surface area contributed by atoms with Crippen molar-refractivity contribution in [3.63, 3.8) is 0 Å². The van der Waals surface area contributed by atoms with Crippen LogP contribution in [0, 0.1) is 0 Å². The van der Waals surface area contributed by atoms with Gasteiger partial charge >= 0.3 is 0 Å². The molecule has 1 aromatic rings. The standard InChI is InChI=1S/C12H14O/c1-10(12(13)8-5-9-12)11-6-3-2-4-7-11/h2-4,6-7,13H,1,5,8-9H2. The van der Waals surface area contributed by atoms with Crippen LogP contribution in [0.2, 0.25) is 0 Å². The normalized spacial score (nSPS) is 19.2. The van der Waals surface area contributed by atoms with Crippen LogP contribution >= 0.6 is 0 Å². The van der Waals surface area contributed by atoms with Gasteiger partial charge in [0, 0.05) is 0 Å². The summed E-state index contributed by atoms with van der Waals surface area (Å²) in [6.45, 7) is 3.97. The molecule has 0 aromatic heterocycles. The van der Waals surface area contributed by atoms with Crippen LogP contribution in [0.1, 0.15) is 24.8 Å². The van der Waals surface area contributed by atoms with Crippen molar-refractivity contribution in [3.05, 3.63) is 42.5 Å². The zero-order valence-corrected chi connectivity index (χ0v) is 7.66. The summed E-state index contributed by atoms with van der Waals surface area (Å²) in [6, 6.07) is 9.92.